The first kappa shape index (κ1) is 22.5. The fraction of sp³-hybridized carbons (Fsp3) is 0.923. The number of aliphatic carboxylic acids is 1. The largest absolute Gasteiger partial charge is 0.481 e. The number of carboxylic acid groups (broad SMARTS) is 1. The Hall–Kier alpha value is -1.54. The quantitative estimate of drug-likeness (QED) is 0.0822. The lowest BCUT2D eigenvalue weighted by Crippen LogP contribution is -2.59. The predicted octanol–water partition coefficient (Wildman–Crippen LogP) is -2.05. The van der Waals surface area contributed by atoms with Crippen LogP contribution >= 0.6 is 0 Å². The van der Waals surface area contributed by atoms with E-state index in [4.69, 9.17) is 34.7 Å². The fourth-order valence-electron chi connectivity index (χ4n) is 2.11. The molecule has 1 fully saturated rings. The minimum Gasteiger partial charge on any atom is -0.481 e. The van der Waals surface area contributed by atoms with Crippen molar-refractivity contribution in [2.24, 2.45) is 5.11 Å². The third-order valence-electron chi connectivity index (χ3n) is 3.41. The van der Waals surface area contributed by atoms with E-state index >= 15 is 0 Å². The molecule has 1 aliphatic rings. The number of ether oxygens (including phenoxy) is 4. The highest BCUT2D eigenvalue weighted by molar-refractivity contribution is 5.67. The van der Waals surface area contributed by atoms with Crippen molar-refractivity contribution in [3.05, 3.63) is 10.4 Å². The number of aliphatic hydroxyl groups excluding tert-OH is 4. The molecule has 0 aromatic carbocycles. The van der Waals surface area contributed by atoms with Gasteiger partial charge in [-0.05, 0) is 5.53 Å². The third kappa shape index (κ3) is 7.37. The molecule has 1 rings (SSSR count). The number of hydrogen-bond donors (Lipinski definition) is 5. The van der Waals surface area contributed by atoms with Gasteiger partial charge in [0.1, 0.15) is 24.4 Å². The Morgan fingerprint density at radius 1 is 1.19 bits per heavy atom. The summed E-state index contributed by atoms with van der Waals surface area (Å²) in [6.07, 6.45) is -9.51. The lowest BCUT2D eigenvalue weighted by molar-refractivity contribution is -0.337. The van der Waals surface area contributed by atoms with Gasteiger partial charge in [-0.25, -0.2) is 0 Å². The van der Waals surface area contributed by atoms with Crippen LogP contribution in [0, 0.1) is 0 Å². The van der Waals surface area contributed by atoms with E-state index in [2.05, 4.69) is 10.0 Å². The molecule has 13 nitrogen and oxygen atoms in total. The zero-order valence-corrected chi connectivity index (χ0v) is 13.8. The SMILES string of the molecule is [N-]=[N+]=NCCOCCOC(CC(=O)O)O[C@H]1O[C@H](CO)[C@H](O)[C@H](O)[C@H]1O. The molecule has 6 atom stereocenters. The van der Waals surface area contributed by atoms with Gasteiger partial charge in [-0.15, -0.1) is 0 Å². The van der Waals surface area contributed by atoms with Crippen molar-refractivity contribution in [3.8, 4) is 0 Å². The monoisotopic (exact) mass is 381 g/mol. The van der Waals surface area contributed by atoms with Gasteiger partial charge in [-0.2, -0.15) is 0 Å². The van der Waals surface area contributed by atoms with Crippen LogP contribution < -0.4 is 0 Å². The molecule has 0 aromatic rings. The topological polar surface area (TPSA) is 204 Å². The van der Waals surface area contributed by atoms with Gasteiger partial charge in [0.15, 0.2) is 12.6 Å². The molecular weight excluding hydrogens is 358 g/mol. The predicted molar refractivity (Wildman–Crippen MR) is 81.7 cm³/mol. The molecule has 0 spiro atoms. The summed E-state index contributed by atoms with van der Waals surface area (Å²) in [5, 5.41) is 50.6. The second kappa shape index (κ2) is 12.0. The van der Waals surface area contributed by atoms with Crippen molar-refractivity contribution >= 4 is 5.97 Å². The highest BCUT2D eigenvalue weighted by Gasteiger charge is 2.45. The average molecular weight is 381 g/mol. The van der Waals surface area contributed by atoms with Gasteiger partial charge in [0.25, 0.3) is 0 Å². The first-order chi connectivity index (χ1) is 12.4. The number of azide groups is 1. The Morgan fingerprint density at radius 2 is 1.92 bits per heavy atom. The number of nitrogens with zero attached hydrogens (tertiary/aromatic N) is 3. The van der Waals surface area contributed by atoms with E-state index in [0.717, 1.165) is 0 Å². The van der Waals surface area contributed by atoms with Crippen molar-refractivity contribution in [3.63, 3.8) is 0 Å². The summed E-state index contributed by atoms with van der Waals surface area (Å²) in [5.74, 6) is -1.25. The lowest BCUT2D eigenvalue weighted by atomic mass is 9.99. The normalized spacial score (nSPS) is 29.8. The van der Waals surface area contributed by atoms with E-state index in [9.17, 15) is 20.1 Å². The zero-order valence-electron chi connectivity index (χ0n) is 13.8. The average Bonchev–Trinajstić information content (AvgIpc) is 2.60. The molecule has 0 aliphatic carbocycles. The highest BCUT2D eigenvalue weighted by atomic mass is 16.8. The number of carboxylic acids is 1. The smallest absolute Gasteiger partial charge is 0.308 e. The van der Waals surface area contributed by atoms with E-state index in [1.165, 1.54) is 0 Å². The number of carbonyl (C=O) groups is 1. The second-order valence-corrected chi connectivity index (χ2v) is 5.30. The van der Waals surface area contributed by atoms with Crippen LogP contribution in [0.1, 0.15) is 6.42 Å². The molecule has 1 unspecified atom stereocenters. The van der Waals surface area contributed by atoms with Crippen LogP contribution in [0.15, 0.2) is 5.11 Å². The summed E-state index contributed by atoms with van der Waals surface area (Å²) >= 11 is 0. The van der Waals surface area contributed by atoms with Crippen LogP contribution in [0.5, 0.6) is 0 Å². The summed E-state index contributed by atoms with van der Waals surface area (Å²) in [5.41, 5.74) is 8.10. The minimum atomic E-state index is -1.67. The van der Waals surface area contributed by atoms with Crippen LogP contribution in [0.25, 0.3) is 10.4 Å². The van der Waals surface area contributed by atoms with E-state index < -0.39 is 56.0 Å². The molecule has 13 heteroatoms. The molecule has 1 heterocycles. The maximum Gasteiger partial charge on any atom is 0.308 e. The number of hydrogen-bond acceptors (Lipinski definition) is 10. The van der Waals surface area contributed by atoms with Gasteiger partial charge in [-0.3, -0.25) is 4.79 Å². The van der Waals surface area contributed by atoms with Crippen LogP contribution in [-0.4, -0.2) is 101 Å². The summed E-state index contributed by atoms with van der Waals surface area (Å²) < 4.78 is 20.7. The third-order valence-corrected chi connectivity index (χ3v) is 3.41. The molecule has 1 aliphatic heterocycles. The van der Waals surface area contributed by atoms with E-state index in [1.54, 1.807) is 0 Å². The Kier molecular flexibility index (Phi) is 10.3. The Labute approximate surface area is 148 Å². The molecule has 0 aromatic heterocycles. The van der Waals surface area contributed by atoms with Gasteiger partial charge in [0.2, 0.25) is 0 Å². The summed E-state index contributed by atoms with van der Waals surface area (Å²) in [6.45, 7) is -0.351. The Bertz CT molecular complexity index is 473. The van der Waals surface area contributed by atoms with Crippen molar-refractivity contribution < 1.29 is 49.3 Å². The minimum absolute atomic E-state index is 0.0639. The summed E-state index contributed by atoms with van der Waals surface area (Å²) in [6, 6.07) is 0. The van der Waals surface area contributed by atoms with Crippen molar-refractivity contribution in [1.29, 1.82) is 0 Å². The second-order valence-electron chi connectivity index (χ2n) is 5.30. The van der Waals surface area contributed by atoms with Gasteiger partial charge in [-0.1, -0.05) is 5.11 Å². The molecule has 26 heavy (non-hydrogen) atoms. The molecular formula is C13H23N3O10. The van der Waals surface area contributed by atoms with E-state index in [1.807, 2.05) is 0 Å². The molecule has 0 amide bonds. The van der Waals surface area contributed by atoms with Gasteiger partial charge < -0.3 is 44.5 Å². The maximum atomic E-state index is 10.9. The Balaban J connectivity index is 2.52. The lowest BCUT2D eigenvalue weighted by Gasteiger charge is -2.40. The standard InChI is InChI=1S/C13H23N3O10/c14-16-15-1-2-23-3-4-24-9(5-8(18)19)26-13-12(22)11(21)10(20)7(6-17)25-13/h7,9-13,17,20-22H,1-6H2,(H,18,19)/t7-,9?,10+,11+,12-,13-/m1/s1. The Morgan fingerprint density at radius 3 is 2.54 bits per heavy atom. The number of rotatable bonds is 12. The maximum absolute atomic E-state index is 10.9. The summed E-state index contributed by atoms with van der Waals surface area (Å²) in [4.78, 5) is 13.5. The van der Waals surface area contributed by atoms with Crippen LogP contribution in [-0.2, 0) is 23.7 Å². The van der Waals surface area contributed by atoms with Gasteiger partial charge in [0, 0.05) is 11.5 Å². The zero-order chi connectivity index (χ0) is 19.5. The first-order valence-electron chi connectivity index (χ1n) is 7.78. The molecule has 5 N–H and O–H groups in total. The molecule has 0 bridgehead atoms. The fourth-order valence-corrected chi connectivity index (χ4v) is 2.11. The van der Waals surface area contributed by atoms with E-state index in [0.29, 0.717) is 0 Å². The van der Waals surface area contributed by atoms with Gasteiger partial charge >= 0.3 is 5.97 Å². The van der Waals surface area contributed by atoms with Crippen molar-refractivity contribution in [1.82, 2.24) is 0 Å². The number of aliphatic hydroxyl groups is 4. The summed E-state index contributed by atoms with van der Waals surface area (Å²) in [7, 11) is 0. The first-order valence-corrected chi connectivity index (χ1v) is 7.78. The van der Waals surface area contributed by atoms with Crippen LogP contribution in [0.4, 0.5) is 0 Å². The highest BCUT2D eigenvalue weighted by Crippen LogP contribution is 2.23. The van der Waals surface area contributed by atoms with E-state index in [-0.39, 0.29) is 26.4 Å². The molecule has 150 valence electrons. The molecule has 1 saturated heterocycles. The van der Waals surface area contributed by atoms with Crippen LogP contribution in [0.2, 0.25) is 0 Å². The van der Waals surface area contributed by atoms with Crippen molar-refractivity contribution in [2.75, 3.05) is 33.0 Å². The molecule has 0 radical (unpaired) electrons. The molecule has 0 saturated carbocycles. The van der Waals surface area contributed by atoms with Gasteiger partial charge in [0.05, 0.1) is 32.8 Å². The van der Waals surface area contributed by atoms with Crippen LogP contribution in [0.3, 0.4) is 0 Å². The van der Waals surface area contributed by atoms with Crippen molar-refractivity contribution in [2.45, 2.75) is 43.4 Å².